The molecule has 1 unspecified atom stereocenters. The van der Waals surface area contributed by atoms with E-state index in [0.29, 0.717) is 12.1 Å². The number of carbonyl (C=O) groups excluding carboxylic acids is 1. The summed E-state index contributed by atoms with van der Waals surface area (Å²) >= 11 is 0. The Bertz CT molecular complexity index is 249. The molecule has 2 aliphatic rings. The number of likely N-dealkylation sites (tertiary alicyclic amines) is 1. The number of hydrogen-bond donors (Lipinski definition) is 1. The number of nitrogens with zero attached hydrogens (tertiary/aromatic N) is 1. The third kappa shape index (κ3) is 3.36. The number of hydrogen-bond acceptors (Lipinski definition) is 1. The second-order valence-electron chi connectivity index (χ2n) is 5.54. The number of amides is 2. The van der Waals surface area contributed by atoms with E-state index in [0.717, 1.165) is 13.0 Å². The lowest BCUT2D eigenvalue weighted by Crippen LogP contribution is -2.51. The highest BCUT2D eigenvalue weighted by molar-refractivity contribution is 5.75. The summed E-state index contributed by atoms with van der Waals surface area (Å²) in [5, 5.41) is 3.24. The number of rotatable bonds is 2. The van der Waals surface area contributed by atoms with E-state index >= 15 is 0 Å². The van der Waals surface area contributed by atoms with Gasteiger partial charge >= 0.3 is 6.03 Å². The van der Waals surface area contributed by atoms with Gasteiger partial charge in [-0.1, -0.05) is 26.2 Å². The Hall–Kier alpha value is -0.730. The van der Waals surface area contributed by atoms with Gasteiger partial charge in [-0.2, -0.15) is 0 Å². The Kier molecular flexibility index (Phi) is 4.69. The molecule has 0 spiro atoms. The van der Waals surface area contributed by atoms with Gasteiger partial charge in [0.05, 0.1) is 0 Å². The van der Waals surface area contributed by atoms with Crippen LogP contribution in [0.1, 0.15) is 64.7 Å². The van der Waals surface area contributed by atoms with Crippen LogP contribution in [0.2, 0.25) is 0 Å². The number of urea groups is 1. The van der Waals surface area contributed by atoms with Crippen molar-refractivity contribution in [3.8, 4) is 0 Å². The van der Waals surface area contributed by atoms with Crippen LogP contribution in [0, 0.1) is 0 Å². The Morgan fingerprint density at radius 2 is 1.82 bits per heavy atom. The number of piperidine rings is 1. The summed E-state index contributed by atoms with van der Waals surface area (Å²) in [5.74, 6) is 0. The summed E-state index contributed by atoms with van der Waals surface area (Å²) in [6.45, 7) is 3.15. The Morgan fingerprint density at radius 3 is 2.53 bits per heavy atom. The topological polar surface area (TPSA) is 32.3 Å². The molecule has 2 rings (SSSR count). The van der Waals surface area contributed by atoms with Crippen molar-refractivity contribution in [2.75, 3.05) is 6.54 Å². The summed E-state index contributed by atoms with van der Waals surface area (Å²) in [5.41, 5.74) is 0. The summed E-state index contributed by atoms with van der Waals surface area (Å²) in [6, 6.07) is 1.12. The lowest BCUT2D eigenvalue weighted by atomic mass is 9.95. The molecule has 0 aromatic heterocycles. The van der Waals surface area contributed by atoms with E-state index in [1.54, 1.807) is 0 Å². The SMILES string of the molecule is CCC1CCCCN1C(=O)NC1CCCCC1. The minimum Gasteiger partial charge on any atom is -0.335 e. The van der Waals surface area contributed by atoms with Crippen LogP contribution < -0.4 is 5.32 Å². The lowest BCUT2D eigenvalue weighted by Gasteiger charge is -2.36. The van der Waals surface area contributed by atoms with Gasteiger partial charge in [-0.05, 0) is 38.5 Å². The monoisotopic (exact) mass is 238 g/mol. The molecule has 1 saturated carbocycles. The highest BCUT2D eigenvalue weighted by Crippen LogP contribution is 2.21. The van der Waals surface area contributed by atoms with Crippen molar-refractivity contribution in [2.45, 2.75) is 76.8 Å². The van der Waals surface area contributed by atoms with Gasteiger partial charge in [0.15, 0.2) is 0 Å². The third-order valence-corrected chi connectivity index (χ3v) is 4.29. The third-order valence-electron chi connectivity index (χ3n) is 4.29. The molecular weight excluding hydrogens is 212 g/mol. The molecule has 1 atom stereocenters. The fourth-order valence-corrected chi connectivity index (χ4v) is 3.20. The molecule has 0 radical (unpaired) electrons. The maximum Gasteiger partial charge on any atom is 0.317 e. The van der Waals surface area contributed by atoms with Crippen molar-refractivity contribution in [2.24, 2.45) is 0 Å². The van der Waals surface area contributed by atoms with Crippen LogP contribution in [0.3, 0.4) is 0 Å². The smallest absolute Gasteiger partial charge is 0.317 e. The molecule has 2 fully saturated rings. The molecule has 98 valence electrons. The molecule has 17 heavy (non-hydrogen) atoms. The Labute approximate surface area is 105 Å². The highest BCUT2D eigenvalue weighted by Gasteiger charge is 2.26. The first-order valence-electron chi connectivity index (χ1n) is 7.38. The van der Waals surface area contributed by atoms with Crippen LogP contribution in [0.4, 0.5) is 4.79 Å². The van der Waals surface area contributed by atoms with Crippen molar-refractivity contribution >= 4 is 6.03 Å². The van der Waals surface area contributed by atoms with E-state index in [1.807, 2.05) is 0 Å². The standard InChI is InChI=1S/C14H26N2O/c1-2-13-10-6-7-11-16(13)14(17)15-12-8-4-3-5-9-12/h12-13H,2-11H2,1H3,(H,15,17). The molecular formula is C14H26N2O. The molecule has 0 aromatic carbocycles. The summed E-state index contributed by atoms with van der Waals surface area (Å²) in [4.78, 5) is 14.3. The molecule has 0 aromatic rings. The van der Waals surface area contributed by atoms with Gasteiger partial charge in [0.2, 0.25) is 0 Å². The first kappa shape index (κ1) is 12.7. The molecule has 3 nitrogen and oxygen atoms in total. The molecule has 1 heterocycles. The minimum atomic E-state index is 0.198. The second-order valence-corrected chi connectivity index (χ2v) is 5.54. The molecule has 3 heteroatoms. The average Bonchev–Trinajstić information content (AvgIpc) is 2.40. The first-order chi connectivity index (χ1) is 8.31. The average molecular weight is 238 g/mol. The quantitative estimate of drug-likeness (QED) is 0.786. The fraction of sp³-hybridized carbons (Fsp3) is 0.929. The minimum absolute atomic E-state index is 0.198. The molecule has 1 aliphatic carbocycles. The van der Waals surface area contributed by atoms with E-state index in [4.69, 9.17) is 0 Å². The van der Waals surface area contributed by atoms with Crippen LogP contribution in [0.15, 0.2) is 0 Å². The van der Waals surface area contributed by atoms with Gasteiger partial charge in [0, 0.05) is 18.6 Å². The van der Waals surface area contributed by atoms with Gasteiger partial charge in [-0.25, -0.2) is 4.79 Å². The maximum absolute atomic E-state index is 12.3. The van der Waals surface area contributed by atoms with Gasteiger partial charge in [0.25, 0.3) is 0 Å². The van der Waals surface area contributed by atoms with E-state index < -0.39 is 0 Å². The van der Waals surface area contributed by atoms with Crippen molar-refractivity contribution in [1.82, 2.24) is 10.2 Å². The predicted molar refractivity (Wildman–Crippen MR) is 70.0 cm³/mol. The lowest BCUT2D eigenvalue weighted by molar-refractivity contribution is 0.143. The van der Waals surface area contributed by atoms with Gasteiger partial charge in [0.1, 0.15) is 0 Å². The number of nitrogens with one attached hydrogen (secondary N) is 1. The van der Waals surface area contributed by atoms with Crippen molar-refractivity contribution < 1.29 is 4.79 Å². The summed E-state index contributed by atoms with van der Waals surface area (Å²) in [6.07, 6.45) is 11.0. The van der Waals surface area contributed by atoms with Crippen LogP contribution in [0.25, 0.3) is 0 Å². The summed E-state index contributed by atoms with van der Waals surface area (Å²) < 4.78 is 0. The zero-order valence-corrected chi connectivity index (χ0v) is 11.1. The zero-order valence-electron chi connectivity index (χ0n) is 11.1. The molecule has 1 aliphatic heterocycles. The van der Waals surface area contributed by atoms with Crippen LogP contribution in [-0.4, -0.2) is 29.6 Å². The Morgan fingerprint density at radius 1 is 1.12 bits per heavy atom. The normalized spacial score (nSPS) is 26.9. The van der Waals surface area contributed by atoms with Crippen LogP contribution in [-0.2, 0) is 0 Å². The molecule has 2 amide bonds. The molecule has 1 saturated heterocycles. The van der Waals surface area contributed by atoms with Crippen LogP contribution >= 0.6 is 0 Å². The van der Waals surface area contributed by atoms with Crippen molar-refractivity contribution in [3.05, 3.63) is 0 Å². The molecule has 0 bridgehead atoms. The van der Waals surface area contributed by atoms with Gasteiger partial charge in [-0.3, -0.25) is 0 Å². The molecule has 1 N–H and O–H groups in total. The predicted octanol–water partition coefficient (Wildman–Crippen LogP) is 3.29. The largest absolute Gasteiger partial charge is 0.335 e. The Balaban J connectivity index is 1.84. The fourth-order valence-electron chi connectivity index (χ4n) is 3.20. The summed E-state index contributed by atoms with van der Waals surface area (Å²) in [7, 11) is 0. The van der Waals surface area contributed by atoms with E-state index in [9.17, 15) is 4.79 Å². The first-order valence-corrected chi connectivity index (χ1v) is 7.38. The number of carbonyl (C=O) groups is 1. The maximum atomic E-state index is 12.3. The van der Waals surface area contributed by atoms with E-state index in [-0.39, 0.29) is 6.03 Å². The van der Waals surface area contributed by atoms with E-state index in [1.165, 1.54) is 51.4 Å². The van der Waals surface area contributed by atoms with E-state index in [2.05, 4.69) is 17.1 Å². The van der Waals surface area contributed by atoms with Gasteiger partial charge < -0.3 is 10.2 Å². The zero-order chi connectivity index (χ0) is 12.1. The second kappa shape index (κ2) is 6.27. The van der Waals surface area contributed by atoms with Crippen molar-refractivity contribution in [1.29, 1.82) is 0 Å². The van der Waals surface area contributed by atoms with Crippen molar-refractivity contribution in [3.63, 3.8) is 0 Å². The highest BCUT2D eigenvalue weighted by atomic mass is 16.2. The van der Waals surface area contributed by atoms with Gasteiger partial charge in [-0.15, -0.1) is 0 Å². The van der Waals surface area contributed by atoms with Crippen LogP contribution in [0.5, 0.6) is 0 Å².